The Bertz CT molecular complexity index is 516. The fourth-order valence-electron chi connectivity index (χ4n) is 1.28. The van der Waals surface area contributed by atoms with Gasteiger partial charge in [0.05, 0.1) is 5.75 Å². The molecule has 7 nitrogen and oxygen atoms in total. The van der Waals surface area contributed by atoms with Gasteiger partial charge in [0.2, 0.25) is 10.0 Å². The number of nitrogen functional groups attached to an aromatic ring is 1. The van der Waals surface area contributed by atoms with Crippen LogP contribution in [-0.4, -0.2) is 38.2 Å². The molecular weight excluding hydrogens is 256 g/mol. The molecule has 0 aromatic carbocycles. The average molecular weight is 272 g/mol. The number of hydrogen-bond acceptors (Lipinski definition) is 5. The lowest BCUT2D eigenvalue weighted by atomic mass is 10.2. The van der Waals surface area contributed by atoms with Crippen molar-refractivity contribution in [3.05, 3.63) is 23.9 Å². The van der Waals surface area contributed by atoms with Crippen LogP contribution in [0.5, 0.6) is 0 Å². The molecule has 0 aliphatic rings. The number of rotatable bonds is 6. The van der Waals surface area contributed by atoms with E-state index >= 15 is 0 Å². The van der Waals surface area contributed by atoms with Gasteiger partial charge in [-0.2, -0.15) is 0 Å². The molecule has 1 aromatic rings. The smallest absolute Gasteiger partial charge is 0.251 e. The lowest BCUT2D eigenvalue weighted by molar-refractivity contribution is 0.0956. The molecule has 0 aliphatic carbocycles. The van der Waals surface area contributed by atoms with Crippen molar-refractivity contribution in [3.8, 4) is 0 Å². The van der Waals surface area contributed by atoms with Gasteiger partial charge in [0.25, 0.3) is 5.91 Å². The van der Waals surface area contributed by atoms with E-state index in [0.717, 1.165) is 0 Å². The highest BCUT2D eigenvalue weighted by Gasteiger charge is 2.10. The van der Waals surface area contributed by atoms with Gasteiger partial charge in [-0.3, -0.25) is 4.79 Å². The topological polar surface area (TPSA) is 114 Å². The summed E-state index contributed by atoms with van der Waals surface area (Å²) in [6.45, 7) is 2.06. The summed E-state index contributed by atoms with van der Waals surface area (Å²) in [5.41, 5.74) is 5.79. The molecule has 0 unspecified atom stereocenters. The van der Waals surface area contributed by atoms with Crippen LogP contribution in [0, 0.1) is 0 Å². The molecule has 1 amide bonds. The normalized spacial score (nSPS) is 11.2. The number of amides is 1. The largest absolute Gasteiger partial charge is 0.384 e. The number of pyridine rings is 1. The number of nitrogens with zero attached hydrogens (tertiary/aromatic N) is 1. The second-order valence-electron chi connectivity index (χ2n) is 3.54. The van der Waals surface area contributed by atoms with Gasteiger partial charge in [0.1, 0.15) is 5.82 Å². The third-order valence-electron chi connectivity index (χ3n) is 2.06. The lowest BCUT2D eigenvalue weighted by Gasteiger charge is -2.06. The fourth-order valence-corrected chi connectivity index (χ4v) is 2.24. The Morgan fingerprint density at radius 2 is 2.22 bits per heavy atom. The molecule has 0 bridgehead atoms. The predicted octanol–water partition coefficient (Wildman–Crippen LogP) is -0.667. The highest BCUT2D eigenvalue weighted by molar-refractivity contribution is 7.89. The van der Waals surface area contributed by atoms with Crippen molar-refractivity contribution in [2.45, 2.75) is 6.92 Å². The van der Waals surface area contributed by atoms with Gasteiger partial charge in [-0.1, -0.05) is 6.92 Å². The second kappa shape index (κ2) is 6.31. The molecule has 0 radical (unpaired) electrons. The van der Waals surface area contributed by atoms with Crippen molar-refractivity contribution >= 4 is 21.7 Å². The number of hydrogen-bond donors (Lipinski definition) is 3. The quantitative estimate of drug-likeness (QED) is 0.635. The van der Waals surface area contributed by atoms with Crippen molar-refractivity contribution < 1.29 is 13.2 Å². The zero-order valence-corrected chi connectivity index (χ0v) is 10.8. The number of carbonyl (C=O) groups is 1. The molecule has 18 heavy (non-hydrogen) atoms. The van der Waals surface area contributed by atoms with Gasteiger partial charge in [0, 0.05) is 24.8 Å². The predicted molar refractivity (Wildman–Crippen MR) is 68.4 cm³/mol. The molecule has 1 rings (SSSR count). The Kier molecular flexibility index (Phi) is 5.05. The summed E-state index contributed by atoms with van der Waals surface area (Å²) in [6.07, 6.45) is 1.42. The van der Waals surface area contributed by atoms with E-state index in [1.54, 1.807) is 6.92 Å². The first-order valence-corrected chi connectivity index (χ1v) is 7.07. The zero-order valence-electron chi connectivity index (χ0n) is 10.0. The van der Waals surface area contributed by atoms with Gasteiger partial charge in [-0.05, 0) is 12.1 Å². The monoisotopic (exact) mass is 272 g/mol. The molecule has 0 saturated carbocycles. The minimum absolute atomic E-state index is 0.0381. The summed E-state index contributed by atoms with van der Waals surface area (Å²) in [5, 5.41) is 2.50. The van der Waals surface area contributed by atoms with Crippen LogP contribution in [0.4, 0.5) is 5.82 Å². The van der Waals surface area contributed by atoms with Gasteiger partial charge in [-0.25, -0.2) is 18.1 Å². The number of nitrogens with one attached hydrogen (secondary N) is 2. The van der Waals surface area contributed by atoms with Gasteiger partial charge in [0.15, 0.2) is 0 Å². The summed E-state index contributed by atoms with van der Waals surface area (Å²) in [7, 11) is -3.32. The van der Waals surface area contributed by atoms with E-state index in [0.29, 0.717) is 12.1 Å². The molecule has 8 heteroatoms. The van der Waals surface area contributed by atoms with E-state index in [-0.39, 0.29) is 24.0 Å². The van der Waals surface area contributed by atoms with Crippen LogP contribution >= 0.6 is 0 Å². The number of sulfonamides is 1. The highest BCUT2D eigenvalue weighted by atomic mass is 32.2. The summed E-state index contributed by atoms with van der Waals surface area (Å²) in [4.78, 5) is 15.4. The number of nitrogens with two attached hydrogens (primary N) is 1. The zero-order chi connectivity index (χ0) is 13.6. The Balaban J connectivity index is 2.48. The number of carbonyl (C=O) groups excluding carboxylic acids is 1. The van der Waals surface area contributed by atoms with Crippen LogP contribution in [-0.2, 0) is 10.0 Å². The van der Waals surface area contributed by atoms with Crippen molar-refractivity contribution in [1.29, 1.82) is 0 Å². The first-order chi connectivity index (χ1) is 8.44. The standard InChI is InChI=1S/C10H16N4O3S/c1-2-14-18(16,17)6-5-13-10(15)8-3-4-12-9(11)7-8/h3-4,7,14H,2,5-6H2,1H3,(H2,11,12)(H,13,15). The number of aromatic nitrogens is 1. The molecular formula is C10H16N4O3S. The van der Waals surface area contributed by atoms with Gasteiger partial charge in [-0.15, -0.1) is 0 Å². The number of anilines is 1. The van der Waals surface area contributed by atoms with Crippen LogP contribution in [0.25, 0.3) is 0 Å². The first-order valence-electron chi connectivity index (χ1n) is 5.41. The first kappa shape index (κ1) is 14.4. The minimum Gasteiger partial charge on any atom is -0.384 e. The maximum atomic E-state index is 11.6. The Hall–Kier alpha value is -1.67. The summed E-state index contributed by atoms with van der Waals surface area (Å²) >= 11 is 0. The van der Waals surface area contributed by atoms with Gasteiger partial charge >= 0.3 is 0 Å². The molecule has 0 spiro atoms. The van der Waals surface area contributed by atoms with Crippen molar-refractivity contribution in [2.75, 3.05) is 24.6 Å². The summed E-state index contributed by atoms with van der Waals surface area (Å²) in [5.74, 6) is -0.300. The van der Waals surface area contributed by atoms with E-state index in [2.05, 4.69) is 15.0 Å². The Labute approximate surface area is 106 Å². The molecule has 0 atom stereocenters. The minimum atomic E-state index is -3.32. The summed E-state index contributed by atoms with van der Waals surface area (Å²) < 4.78 is 25.0. The molecule has 4 N–H and O–H groups in total. The van der Waals surface area contributed by atoms with Crippen molar-refractivity contribution in [1.82, 2.24) is 15.0 Å². The lowest BCUT2D eigenvalue weighted by Crippen LogP contribution is -2.34. The van der Waals surface area contributed by atoms with Crippen LogP contribution < -0.4 is 15.8 Å². The summed E-state index contributed by atoms with van der Waals surface area (Å²) in [6, 6.07) is 2.93. The molecule has 1 heterocycles. The maximum Gasteiger partial charge on any atom is 0.251 e. The van der Waals surface area contributed by atoms with Gasteiger partial charge < -0.3 is 11.1 Å². The third kappa shape index (κ3) is 4.68. The van der Waals surface area contributed by atoms with E-state index in [1.165, 1.54) is 18.3 Å². The fraction of sp³-hybridized carbons (Fsp3) is 0.400. The average Bonchev–Trinajstić information content (AvgIpc) is 2.28. The molecule has 0 fully saturated rings. The van der Waals surface area contributed by atoms with E-state index < -0.39 is 10.0 Å². The van der Waals surface area contributed by atoms with Crippen molar-refractivity contribution in [2.24, 2.45) is 0 Å². The van der Waals surface area contributed by atoms with E-state index in [4.69, 9.17) is 5.73 Å². The van der Waals surface area contributed by atoms with Crippen LogP contribution in [0.15, 0.2) is 18.3 Å². The molecule has 1 aromatic heterocycles. The Morgan fingerprint density at radius 1 is 1.50 bits per heavy atom. The SMILES string of the molecule is CCNS(=O)(=O)CCNC(=O)c1ccnc(N)c1. The van der Waals surface area contributed by atoms with E-state index in [9.17, 15) is 13.2 Å². The van der Waals surface area contributed by atoms with E-state index in [1.807, 2.05) is 0 Å². The van der Waals surface area contributed by atoms with Crippen LogP contribution in [0.1, 0.15) is 17.3 Å². The molecule has 100 valence electrons. The second-order valence-corrected chi connectivity index (χ2v) is 5.47. The van der Waals surface area contributed by atoms with Crippen LogP contribution in [0.3, 0.4) is 0 Å². The third-order valence-corrected chi connectivity index (χ3v) is 3.53. The maximum absolute atomic E-state index is 11.6. The van der Waals surface area contributed by atoms with Crippen molar-refractivity contribution in [3.63, 3.8) is 0 Å². The molecule has 0 saturated heterocycles. The Morgan fingerprint density at radius 3 is 2.83 bits per heavy atom. The molecule has 0 aliphatic heterocycles. The highest BCUT2D eigenvalue weighted by Crippen LogP contribution is 2.02. The van der Waals surface area contributed by atoms with Crippen LogP contribution in [0.2, 0.25) is 0 Å².